The third kappa shape index (κ3) is 8.70. The Balaban J connectivity index is 0.00000364. The van der Waals surface area contributed by atoms with Crippen LogP contribution in [0.5, 0.6) is 5.75 Å². The van der Waals surface area contributed by atoms with Gasteiger partial charge in [0.25, 0.3) is 0 Å². The summed E-state index contributed by atoms with van der Waals surface area (Å²) in [5.74, 6) is -0.699. The first kappa shape index (κ1) is 23.4. The molecule has 2 rings (SSSR count). The molecule has 0 saturated carbocycles. The van der Waals surface area contributed by atoms with Crippen LogP contribution in [0.3, 0.4) is 0 Å². The summed E-state index contributed by atoms with van der Waals surface area (Å²) < 4.78 is 31.6. The highest BCUT2D eigenvalue weighted by atomic mass is 127. The molecule has 0 fully saturated rings. The van der Waals surface area contributed by atoms with Gasteiger partial charge in [-0.3, -0.25) is 4.99 Å². The SMILES string of the molecule is CCNC(=NCCc1ccc(Cl)nc1)NCCOc1ccc(F)cc1F.I. The number of nitrogens with one attached hydrogen (secondary N) is 2. The number of aromatic nitrogens is 1. The van der Waals surface area contributed by atoms with E-state index < -0.39 is 11.6 Å². The molecule has 2 N–H and O–H groups in total. The summed E-state index contributed by atoms with van der Waals surface area (Å²) >= 11 is 5.76. The first-order valence-electron chi connectivity index (χ1n) is 8.29. The Labute approximate surface area is 179 Å². The van der Waals surface area contributed by atoms with E-state index in [2.05, 4.69) is 20.6 Å². The summed E-state index contributed by atoms with van der Waals surface area (Å²) in [5.41, 5.74) is 1.05. The van der Waals surface area contributed by atoms with Crippen molar-refractivity contribution in [2.75, 3.05) is 26.2 Å². The van der Waals surface area contributed by atoms with Gasteiger partial charge < -0.3 is 15.4 Å². The predicted molar refractivity (Wildman–Crippen MR) is 114 cm³/mol. The van der Waals surface area contributed by atoms with Crippen LogP contribution >= 0.6 is 35.6 Å². The van der Waals surface area contributed by atoms with Gasteiger partial charge in [0.2, 0.25) is 0 Å². The number of halogens is 4. The van der Waals surface area contributed by atoms with Crippen LogP contribution in [-0.2, 0) is 6.42 Å². The number of nitrogens with zero attached hydrogens (tertiary/aromatic N) is 2. The van der Waals surface area contributed by atoms with Crippen LogP contribution in [0.2, 0.25) is 5.15 Å². The second-order valence-corrected chi connectivity index (χ2v) is 5.74. The molecule has 1 heterocycles. The lowest BCUT2D eigenvalue weighted by Crippen LogP contribution is -2.39. The van der Waals surface area contributed by atoms with Crippen LogP contribution < -0.4 is 15.4 Å². The van der Waals surface area contributed by atoms with Crippen molar-refractivity contribution in [2.24, 2.45) is 4.99 Å². The molecule has 0 aliphatic heterocycles. The van der Waals surface area contributed by atoms with Crippen LogP contribution in [0.1, 0.15) is 12.5 Å². The summed E-state index contributed by atoms with van der Waals surface area (Å²) in [6.07, 6.45) is 2.46. The quantitative estimate of drug-likeness (QED) is 0.186. The molecule has 0 amide bonds. The maximum Gasteiger partial charge on any atom is 0.191 e. The largest absolute Gasteiger partial charge is 0.489 e. The number of ether oxygens (including phenoxy) is 1. The van der Waals surface area contributed by atoms with Gasteiger partial charge in [-0.2, -0.15) is 0 Å². The standard InChI is InChI=1S/C18H21ClF2N4O.HI/c1-2-22-18(23-8-7-13-3-6-17(19)25-12-13)24-9-10-26-16-5-4-14(20)11-15(16)21;/h3-6,11-12H,2,7-10H2,1H3,(H2,22,23,24);1H. The van der Waals surface area contributed by atoms with Gasteiger partial charge in [0.15, 0.2) is 17.5 Å². The van der Waals surface area contributed by atoms with Crippen molar-refractivity contribution in [3.8, 4) is 5.75 Å². The zero-order valence-corrected chi connectivity index (χ0v) is 17.9. The molecule has 0 radical (unpaired) electrons. The molecule has 1 aromatic carbocycles. The monoisotopic (exact) mass is 510 g/mol. The molecule has 0 aliphatic carbocycles. The van der Waals surface area contributed by atoms with E-state index >= 15 is 0 Å². The van der Waals surface area contributed by atoms with E-state index in [0.717, 1.165) is 24.1 Å². The van der Waals surface area contributed by atoms with Crippen LogP contribution in [0.15, 0.2) is 41.5 Å². The van der Waals surface area contributed by atoms with E-state index in [1.165, 1.54) is 6.07 Å². The van der Waals surface area contributed by atoms with E-state index in [9.17, 15) is 8.78 Å². The Morgan fingerprint density at radius 3 is 2.70 bits per heavy atom. The van der Waals surface area contributed by atoms with Crippen molar-refractivity contribution in [3.63, 3.8) is 0 Å². The third-order valence-corrected chi connectivity index (χ3v) is 3.57. The minimum Gasteiger partial charge on any atom is -0.489 e. The first-order valence-corrected chi connectivity index (χ1v) is 8.66. The van der Waals surface area contributed by atoms with Gasteiger partial charge in [0.1, 0.15) is 17.6 Å². The minimum atomic E-state index is -0.720. The smallest absolute Gasteiger partial charge is 0.191 e. The molecule has 148 valence electrons. The fraction of sp³-hybridized carbons (Fsp3) is 0.333. The summed E-state index contributed by atoms with van der Waals surface area (Å²) in [6, 6.07) is 6.87. The van der Waals surface area contributed by atoms with E-state index in [-0.39, 0.29) is 36.3 Å². The average molecular weight is 511 g/mol. The molecular formula is C18H22ClF2IN4O. The van der Waals surface area contributed by atoms with Crippen molar-refractivity contribution in [2.45, 2.75) is 13.3 Å². The summed E-state index contributed by atoms with van der Waals surface area (Å²) in [7, 11) is 0. The molecule has 0 saturated heterocycles. The predicted octanol–water partition coefficient (Wildman–Crippen LogP) is 3.81. The van der Waals surface area contributed by atoms with Crippen molar-refractivity contribution in [1.82, 2.24) is 15.6 Å². The lowest BCUT2D eigenvalue weighted by atomic mass is 10.2. The third-order valence-electron chi connectivity index (χ3n) is 3.35. The lowest BCUT2D eigenvalue weighted by Gasteiger charge is -2.12. The zero-order chi connectivity index (χ0) is 18.8. The van der Waals surface area contributed by atoms with Crippen LogP contribution in [0.25, 0.3) is 0 Å². The fourth-order valence-corrected chi connectivity index (χ4v) is 2.23. The number of hydrogen-bond acceptors (Lipinski definition) is 3. The highest BCUT2D eigenvalue weighted by Crippen LogP contribution is 2.17. The van der Waals surface area contributed by atoms with Gasteiger partial charge >= 0.3 is 0 Å². The Hall–Kier alpha value is -1.68. The van der Waals surface area contributed by atoms with Gasteiger partial charge in [-0.05, 0) is 37.1 Å². The maximum absolute atomic E-state index is 13.5. The van der Waals surface area contributed by atoms with Crippen molar-refractivity contribution in [1.29, 1.82) is 0 Å². The highest BCUT2D eigenvalue weighted by molar-refractivity contribution is 14.0. The molecule has 0 bridgehead atoms. The Kier molecular flexibility index (Phi) is 11.0. The summed E-state index contributed by atoms with van der Waals surface area (Å²) in [5, 5.41) is 6.68. The molecule has 0 unspecified atom stereocenters. The Morgan fingerprint density at radius 1 is 1.22 bits per heavy atom. The van der Waals surface area contributed by atoms with Crippen LogP contribution in [0.4, 0.5) is 8.78 Å². The molecule has 5 nitrogen and oxygen atoms in total. The van der Waals surface area contributed by atoms with Crippen molar-refractivity contribution >= 4 is 41.5 Å². The van der Waals surface area contributed by atoms with Gasteiger partial charge in [-0.15, -0.1) is 24.0 Å². The van der Waals surface area contributed by atoms with E-state index in [4.69, 9.17) is 16.3 Å². The normalized spacial score (nSPS) is 10.9. The molecular weight excluding hydrogens is 489 g/mol. The number of hydrogen-bond donors (Lipinski definition) is 2. The Morgan fingerprint density at radius 2 is 2.04 bits per heavy atom. The Bertz CT molecular complexity index is 732. The molecule has 0 spiro atoms. The summed E-state index contributed by atoms with van der Waals surface area (Å²) in [4.78, 5) is 8.49. The second kappa shape index (κ2) is 12.7. The highest BCUT2D eigenvalue weighted by Gasteiger charge is 2.05. The van der Waals surface area contributed by atoms with Crippen molar-refractivity contribution < 1.29 is 13.5 Å². The number of guanidine groups is 1. The van der Waals surface area contributed by atoms with Crippen molar-refractivity contribution in [3.05, 3.63) is 58.9 Å². The number of aliphatic imine (C=N–C) groups is 1. The molecule has 2 aromatic rings. The maximum atomic E-state index is 13.5. The van der Waals surface area contributed by atoms with E-state index in [1.54, 1.807) is 12.3 Å². The molecule has 0 aliphatic rings. The number of pyridine rings is 1. The van der Waals surface area contributed by atoms with Gasteiger partial charge in [-0.1, -0.05) is 17.7 Å². The van der Waals surface area contributed by atoms with E-state index in [0.29, 0.717) is 30.7 Å². The summed E-state index contributed by atoms with van der Waals surface area (Å²) in [6.45, 7) is 3.89. The van der Waals surface area contributed by atoms with Gasteiger partial charge in [0.05, 0.1) is 6.54 Å². The topological polar surface area (TPSA) is 58.5 Å². The number of rotatable bonds is 8. The molecule has 27 heavy (non-hydrogen) atoms. The minimum absolute atomic E-state index is 0. The second-order valence-electron chi connectivity index (χ2n) is 5.35. The van der Waals surface area contributed by atoms with E-state index in [1.807, 2.05) is 13.0 Å². The molecule has 1 aromatic heterocycles. The molecule has 0 atom stereocenters. The average Bonchev–Trinajstić information content (AvgIpc) is 2.62. The van der Waals surface area contributed by atoms with Crippen LogP contribution in [0, 0.1) is 11.6 Å². The lowest BCUT2D eigenvalue weighted by molar-refractivity contribution is 0.304. The van der Waals surface area contributed by atoms with Gasteiger partial charge in [0, 0.05) is 25.4 Å². The van der Waals surface area contributed by atoms with Crippen LogP contribution in [-0.4, -0.2) is 37.2 Å². The zero-order valence-electron chi connectivity index (χ0n) is 14.8. The molecule has 9 heteroatoms. The van der Waals surface area contributed by atoms with Gasteiger partial charge in [-0.25, -0.2) is 13.8 Å². The first-order chi connectivity index (χ1) is 12.6. The number of benzene rings is 1. The fourth-order valence-electron chi connectivity index (χ4n) is 2.12.